The lowest BCUT2D eigenvalue weighted by Gasteiger charge is -2.38. The summed E-state index contributed by atoms with van der Waals surface area (Å²) in [4.78, 5) is 26.2. The van der Waals surface area contributed by atoms with E-state index in [2.05, 4.69) is 0 Å². The van der Waals surface area contributed by atoms with Crippen molar-refractivity contribution in [3.8, 4) is 0 Å². The molecule has 2 aromatic rings. The normalized spacial score (nSPS) is 21.8. The fraction of sp³-hybridized carbons (Fsp3) is 0.263. The Bertz CT molecular complexity index is 799. The van der Waals surface area contributed by atoms with E-state index in [-0.39, 0.29) is 18.4 Å². The smallest absolute Gasteiger partial charge is 0.312 e. The first-order valence-corrected chi connectivity index (χ1v) is 7.82. The summed E-state index contributed by atoms with van der Waals surface area (Å²) in [7, 11) is 0. The van der Waals surface area contributed by atoms with Crippen LogP contribution in [0.2, 0.25) is 0 Å². The molecule has 1 N–H and O–H groups in total. The summed E-state index contributed by atoms with van der Waals surface area (Å²) in [5, 5.41) is 9.51. The van der Waals surface area contributed by atoms with Crippen LogP contribution in [0.25, 0.3) is 0 Å². The van der Waals surface area contributed by atoms with Crippen LogP contribution in [-0.2, 0) is 22.6 Å². The zero-order valence-corrected chi connectivity index (χ0v) is 12.6. The molecule has 1 aliphatic heterocycles. The molecule has 0 radical (unpaired) electrons. The minimum atomic E-state index is -0.871. The lowest BCUT2D eigenvalue weighted by molar-refractivity contribution is -0.142. The van der Waals surface area contributed by atoms with Crippen LogP contribution >= 0.6 is 0 Å². The highest BCUT2D eigenvalue weighted by Crippen LogP contribution is 2.38. The number of carbonyl (C=O) groups excluding carboxylic acids is 1. The maximum Gasteiger partial charge on any atom is 0.312 e. The van der Waals surface area contributed by atoms with E-state index in [4.69, 9.17) is 0 Å². The molecule has 1 heterocycles. The second-order valence-electron chi connectivity index (χ2n) is 6.26. The zero-order chi connectivity index (χ0) is 16.0. The van der Waals surface area contributed by atoms with Gasteiger partial charge < -0.3 is 10.0 Å². The number of hydrogen-bond donors (Lipinski definition) is 1. The van der Waals surface area contributed by atoms with E-state index in [1.807, 2.05) is 48.5 Å². The molecule has 1 amide bonds. The first kappa shape index (κ1) is 14.0. The van der Waals surface area contributed by atoms with Gasteiger partial charge in [-0.15, -0.1) is 0 Å². The number of carbonyl (C=O) groups is 2. The van der Waals surface area contributed by atoms with Crippen LogP contribution in [0.15, 0.2) is 48.5 Å². The highest BCUT2D eigenvalue weighted by molar-refractivity contribution is 5.88. The van der Waals surface area contributed by atoms with Crippen molar-refractivity contribution >= 4 is 11.9 Å². The van der Waals surface area contributed by atoms with Gasteiger partial charge in [0.05, 0.1) is 11.8 Å². The van der Waals surface area contributed by atoms with Gasteiger partial charge in [0.2, 0.25) is 5.91 Å². The molecule has 116 valence electrons. The SMILES string of the molecule is O=C(O)C1CN(C(=O)C2Cc3ccccc32)Cc2ccccc21. The Morgan fingerprint density at radius 1 is 0.913 bits per heavy atom. The molecule has 2 aliphatic rings. The zero-order valence-electron chi connectivity index (χ0n) is 12.6. The number of nitrogens with zero attached hydrogens (tertiary/aromatic N) is 1. The van der Waals surface area contributed by atoms with Gasteiger partial charge in [0.1, 0.15) is 0 Å². The molecule has 1 aliphatic carbocycles. The van der Waals surface area contributed by atoms with Gasteiger partial charge in [0.15, 0.2) is 0 Å². The van der Waals surface area contributed by atoms with Crippen molar-refractivity contribution in [1.29, 1.82) is 0 Å². The largest absolute Gasteiger partial charge is 0.481 e. The van der Waals surface area contributed by atoms with Crippen molar-refractivity contribution in [2.75, 3.05) is 6.54 Å². The lowest BCUT2D eigenvalue weighted by Crippen LogP contribution is -2.44. The summed E-state index contributed by atoms with van der Waals surface area (Å²) >= 11 is 0. The number of benzene rings is 2. The molecule has 0 saturated heterocycles. The van der Waals surface area contributed by atoms with Gasteiger partial charge in [-0.25, -0.2) is 0 Å². The van der Waals surface area contributed by atoms with Gasteiger partial charge in [-0.1, -0.05) is 48.5 Å². The number of carboxylic acids is 1. The van der Waals surface area contributed by atoms with Crippen molar-refractivity contribution in [3.05, 3.63) is 70.8 Å². The molecule has 2 aromatic carbocycles. The van der Waals surface area contributed by atoms with Crippen molar-refractivity contribution in [1.82, 2.24) is 4.90 Å². The molecule has 4 nitrogen and oxygen atoms in total. The number of amides is 1. The predicted octanol–water partition coefficient (Wildman–Crippen LogP) is 2.54. The molecular weight excluding hydrogens is 290 g/mol. The highest BCUT2D eigenvalue weighted by Gasteiger charge is 2.38. The van der Waals surface area contributed by atoms with E-state index < -0.39 is 11.9 Å². The average Bonchev–Trinajstić information content (AvgIpc) is 2.54. The number of carboxylic acid groups (broad SMARTS) is 1. The molecule has 2 atom stereocenters. The summed E-state index contributed by atoms with van der Waals surface area (Å²) < 4.78 is 0. The average molecular weight is 307 g/mol. The Morgan fingerprint density at radius 3 is 2.22 bits per heavy atom. The Balaban J connectivity index is 1.62. The van der Waals surface area contributed by atoms with E-state index in [1.165, 1.54) is 5.56 Å². The third kappa shape index (κ3) is 2.22. The van der Waals surface area contributed by atoms with Crippen LogP contribution in [0.3, 0.4) is 0 Å². The maximum atomic E-state index is 12.9. The molecule has 0 spiro atoms. The number of rotatable bonds is 2. The van der Waals surface area contributed by atoms with E-state index in [1.54, 1.807) is 4.90 Å². The van der Waals surface area contributed by atoms with Crippen LogP contribution in [0, 0.1) is 0 Å². The predicted molar refractivity (Wildman–Crippen MR) is 85.1 cm³/mol. The van der Waals surface area contributed by atoms with Crippen molar-refractivity contribution in [2.24, 2.45) is 0 Å². The van der Waals surface area contributed by atoms with Crippen LogP contribution < -0.4 is 0 Å². The van der Waals surface area contributed by atoms with Gasteiger partial charge >= 0.3 is 5.97 Å². The second kappa shape index (κ2) is 5.23. The van der Waals surface area contributed by atoms with E-state index in [0.717, 1.165) is 23.1 Å². The van der Waals surface area contributed by atoms with E-state index in [9.17, 15) is 14.7 Å². The molecule has 2 unspecified atom stereocenters. The second-order valence-corrected chi connectivity index (χ2v) is 6.26. The Kier molecular flexibility index (Phi) is 3.18. The van der Waals surface area contributed by atoms with Crippen molar-refractivity contribution < 1.29 is 14.7 Å². The molecule has 23 heavy (non-hydrogen) atoms. The Labute approximate surface area is 134 Å². The third-order valence-electron chi connectivity index (χ3n) is 4.96. The van der Waals surface area contributed by atoms with Crippen LogP contribution in [-0.4, -0.2) is 28.4 Å². The summed E-state index contributed by atoms with van der Waals surface area (Å²) in [5.74, 6) is -1.58. The minimum Gasteiger partial charge on any atom is -0.481 e. The number of aliphatic carboxylic acids is 1. The molecular formula is C19H17NO3. The van der Waals surface area contributed by atoms with Crippen molar-refractivity contribution in [2.45, 2.75) is 24.8 Å². The monoisotopic (exact) mass is 307 g/mol. The Hall–Kier alpha value is -2.62. The first-order chi connectivity index (χ1) is 11.1. The van der Waals surface area contributed by atoms with Gasteiger partial charge in [-0.05, 0) is 28.7 Å². The highest BCUT2D eigenvalue weighted by atomic mass is 16.4. The minimum absolute atomic E-state index is 0.0458. The molecule has 0 fully saturated rings. The molecule has 4 rings (SSSR count). The topological polar surface area (TPSA) is 57.6 Å². The van der Waals surface area contributed by atoms with Gasteiger partial charge in [0.25, 0.3) is 0 Å². The lowest BCUT2D eigenvalue weighted by atomic mass is 9.76. The molecule has 0 saturated carbocycles. The number of fused-ring (bicyclic) bond motifs is 2. The van der Waals surface area contributed by atoms with Crippen LogP contribution in [0.4, 0.5) is 0 Å². The summed E-state index contributed by atoms with van der Waals surface area (Å²) in [5.41, 5.74) is 4.08. The van der Waals surface area contributed by atoms with Gasteiger partial charge in [-0.2, -0.15) is 0 Å². The molecule has 0 bridgehead atoms. The first-order valence-electron chi connectivity index (χ1n) is 7.82. The maximum absolute atomic E-state index is 12.9. The fourth-order valence-corrected chi connectivity index (χ4v) is 3.69. The van der Waals surface area contributed by atoms with Crippen LogP contribution in [0.1, 0.15) is 34.1 Å². The van der Waals surface area contributed by atoms with Crippen molar-refractivity contribution in [3.63, 3.8) is 0 Å². The molecule has 0 aromatic heterocycles. The van der Waals surface area contributed by atoms with Crippen LogP contribution in [0.5, 0.6) is 0 Å². The molecule has 4 heteroatoms. The summed E-state index contributed by atoms with van der Waals surface area (Å²) in [6.45, 7) is 0.751. The third-order valence-corrected chi connectivity index (χ3v) is 4.96. The quantitative estimate of drug-likeness (QED) is 0.927. The Morgan fingerprint density at radius 2 is 1.52 bits per heavy atom. The van der Waals surface area contributed by atoms with E-state index in [0.29, 0.717) is 6.54 Å². The summed E-state index contributed by atoms with van der Waals surface area (Å²) in [6.07, 6.45) is 0.755. The van der Waals surface area contributed by atoms with E-state index >= 15 is 0 Å². The van der Waals surface area contributed by atoms with Gasteiger partial charge in [-0.3, -0.25) is 9.59 Å². The van der Waals surface area contributed by atoms with Gasteiger partial charge in [0, 0.05) is 13.1 Å². The number of hydrogen-bond acceptors (Lipinski definition) is 2. The standard InChI is InChI=1S/C19H17NO3/c21-18(16-9-12-5-1-3-7-14(12)16)20-10-13-6-2-4-8-15(13)17(11-20)19(22)23/h1-8,16-17H,9-11H2,(H,22,23). The fourth-order valence-electron chi connectivity index (χ4n) is 3.69. The summed E-state index contributed by atoms with van der Waals surface area (Å²) in [6, 6.07) is 15.5.